The van der Waals surface area contributed by atoms with Crippen LogP contribution in [0.5, 0.6) is 0 Å². The molecule has 1 heterocycles. The average Bonchev–Trinajstić information content (AvgIpc) is 3.07. The maximum Gasteiger partial charge on any atom is 0.305 e. The zero-order chi connectivity index (χ0) is 16.8. The van der Waals surface area contributed by atoms with E-state index in [1.54, 1.807) is 0 Å². The molecule has 1 rings (SSSR count). The molecule has 1 fully saturated rings. The lowest BCUT2D eigenvalue weighted by Crippen LogP contribution is -2.38. The SMILES string of the molecule is CCNC(=NCCCOC1CCOC1)NCCCCC(=O)OC. The van der Waals surface area contributed by atoms with Crippen molar-refractivity contribution in [1.29, 1.82) is 0 Å². The van der Waals surface area contributed by atoms with Crippen LogP contribution in [-0.4, -0.2) is 64.6 Å². The Morgan fingerprint density at radius 1 is 1.30 bits per heavy atom. The second-order valence-corrected chi connectivity index (χ2v) is 5.43. The van der Waals surface area contributed by atoms with Gasteiger partial charge in [0.05, 0.1) is 19.8 Å². The molecule has 0 aromatic heterocycles. The Balaban J connectivity index is 2.07. The van der Waals surface area contributed by atoms with Crippen molar-refractivity contribution in [2.75, 3.05) is 46.6 Å². The quantitative estimate of drug-likeness (QED) is 0.255. The van der Waals surface area contributed by atoms with Crippen LogP contribution in [-0.2, 0) is 19.0 Å². The average molecular weight is 329 g/mol. The fourth-order valence-corrected chi connectivity index (χ4v) is 2.19. The van der Waals surface area contributed by atoms with E-state index < -0.39 is 0 Å². The molecule has 1 unspecified atom stereocenters. The summed E-state index contributed by atoms with van der Waals surface area (Å²) in [7, 11) is 1.42. The summed E-state index contributed by atoms with van der Waals surface area (Å²) < 4.78 is 15.6. The minimum Gasteiger partial charge on any atom is -0.469 e. The lowest BCUT2D eigenvalue weighted by molar-refractivity contribution is -0.140. The highest BCUT2D eigenvalue weighted by Gasteiger charge is 2.15. The Bertz CT molecular complexity index is 344. The minimum absolute atomic E-state index is 0.154. The summed E-state index contributed by atoms with van der Waals surface area (Å²) in [5.74, 6) is 0.660. The van der Waals surface area contributed by atoms with Gasteiger partial charge in [-0.25, -0.2) is 0 Å². The summed E-state index contributed by atoms with van der Waals surface area (Å²) in [6.07, 6.45) is 4.35. The van der Waals surface area contributed by atoms with Crippen LogP contribution in [0.3, 0.4) is 0 Å². The molecular formula is C16H31N3O4. The van der Waals surface area contributed by atoms with Crippen LogP contribution in [0.1, 0.15) is 39.0 Å². The molecule has 0 amide bonds. The van der Waals surface area contributed by atoms with Crippen LogP contribution in [0, 0.1) is 0 Å². The Hall–Kier alpha value is -1.34. The van der Waals surface area contributed by atoms with E-state index in [2.05, 4.69) is 20.4 Å². The molecule has 0 radical (unpaired) electrons. The summed E-state index contributed by atoms with van der Waals surface area (Å²) >= 11 is 0. The number of nitrogens with zero attached hydrogens (tertiary/aromatic N) is 1. The molecule has 1 aliphatic rings. The Kier molecular flexibility index (Phi) is 11.3. The van der Waals surface area contributed by atoms with E-state index in [0.717, 1.165) is 71.1 Å². The number of aliphatic imine (C=N–C) groups is 1. The van der Waals surface area contributed by atoms with Gasteiger partial charge in [0.2, 0.25) is 0 Å². The number of methoxy groups -OCH3 is 1. The van der Waals surface area contributed by atoms with Crippen molar-refractivity contribution in [3.63, 3.8) is 0 Å². The first-order chi connectivity index (χ1) is 11.3. The number of esters is 1. The van der Waals surface area contributed by atoms with Crippen molar-refractivity contribution in [2.24, 2.45) is 4.99 Å². The number of hydrogen-bond acceptors (Lipinski definition) is 5. The van der Waals surface area contributed by atoms with E-state index in [9.17, 15) is 4.79 Å². The van der Waals surface area contributed by atoms with Gasteiger partial charge in [0, 0.05) is 39.3 Å². The van der Waals surface area contributed by atoms with Crippen molar-refractivity contribution in [3.8, 4) is 0 Å². The van der Waals surface area contributed by atoms with Crippen LogP contribution < -0.4 is 10.6 Å². The van der Waals surface area contributed by atoms with E-state index in [1.165, 1.54) is 7.11 Å². The van der Waals surface area contributed by atoms with Gasteiger partial charge in [0.15, 0.2) is 5.96 Å². The molecule has 0 aromatic carbocycles. The van der Waals surface area contributed by atoms with Crippen LogP contribution >= 0.6 is 0 Å². The molecule has 0 aromatic rings. The molecule has 1 aliphatic heterocycles. The van der Waals surface area contributed by atoms with Gasteiger partial charge < -0.3 is 24.8 Å². The van der Waals surface area contributed by atoms with E-state index in [4.69, 9.17) is 9.47 Å². The molecule has 0 aliphatic carbocycles. The smallest absolute Gasteiger partial charge is 0.305 e. The van der Waals surface area contributed by atoms with Gasteiger partial charge in [-0.1, -0.05) is 0 Å². The normalized spacial score (nSPS) is 18.0. The molecule has 134 valence electrons. The molecule has 7 nitrogen and oxygen atoms in total. The van der Waals surface area contributed by atoms with Gasteiger partial charge in [-0.15, -0.1) is 0 Å². The van der Waals surface area contributed by atoms with Crippen LogP contribution in [0.15, 0.2) is 4.99 Å². The maximum atomic E-state index is 11.0. The summed E-state index contributed by atoms with van der Waals surface area (Å²) in [5.41, 5.74) is 0. The third-order valence-corrected chi connectivity index (χ3v) is 3.49. The fraction of sp³-hybridized carbons (Fsp3) is 0.875. The van der Waals surface area contributed by atoms with Gasteiger partial charge in [-0.3, -0.25) is 9.79 Å². The van der Waals surface area contributed by atoms with E-state index in [-0.39, 0.29) is 12.1 Å². The lowest BCUT2D eigenvalue weighted by atomic mass is 10.2. The van der Waals surface area contributed by atoms with E-state index in [0.29, 0.717) is 6.42 Å². The molecule has 1 atom stereocenters. The Morgan fingerprint density at radius 3 is 2.87 bits per heavy atom. The lowest BCUT2D eigenvalue weighted by Gasteiger charge is -2.12. The summed E-state index contributed by atoms with van der Waals surface area (Å²) in [6.45, 7) is 6.63. The first-order valence-corrected chi connectivity index (χ1v) is 8.54. The number of guanidine groups is 1. The van der Waals surface area contributed by atoms with E-state index >= 15 is 0 Å². The zero-order valence-corrected chi connectivity index (χ0v) is 14.4. The second kappa shape index (κ2) is 13.1. The highest BCUT2D eigenvalue weighted by Crippen LogP contribution is 2.08. The van der Waals surface area contributed by atoms with E-state index in [1.807, 2.05) is 6.92 Å². The number of rotatable bonds is 11. The summed E-state index contributed by atoms with van der Waals surface area (Å²) in [5, 5.41) is 6.48. The van der Waals surface area contributed by atoms with Crippen molar-refractivity contribution < 1.29 is 19.0 Å². The highest BCUT2D eigenvalue weighted by atomic mass is 16.5. The number of hydrogen-bond donors (Lipinski definition) is 2. The molecule has 0 bridgehead atoms. The minimum atomic E-state index is -0.154. The molecule has 23 heavy (non-hydrogen) atoms. The number of carbonyl (C=O) groups excluding carboxylic acids is 1. The predicted octanol–water partition coefficient (Wildman–Crippen LogP) is 1.08. The monoisotopic (exact) mass is 329 g/mol. The van der Waals surface area contributed by atoms with Gasteiger partial charge in [0.1, 0.15) is 0 Å². The van der Waals surface area contributed by atoms with Crippen LogP contribution in [0.4, 0.5) is 0 Å². The topological polar surface area (TPSA) is 81.2 Å². The molecule has 7 heteroatoms. The summed E-state index contributed by atoms with van der Waals surface area (Å²) in [6, 6.07) is 0. The van der Waals surface area contributed by atoms with Crippen LogP contribution in [0.25, 0.3) is 0 Å². The first-order valence-electron chi connectivity index (χ1n) is 8.54. The first kappa shape index (κ1) is 19.7. The second-order valence-electron chi connectivity index (χ2n) is 5.43. The number of unbranched alkanes of at least 4 members (excludes halogenated alkanes) is 1. The molecule has 0 saturated carbocycles. The van der Waals surface area contributed by atoms with Crippen molar-refractivity contribution in [1.82, 2.24) is 10.6 Å². The number of ether oxygens (including phenoxy) is 3. The summed E-state index contributed by atoms with van der Waals surface area (Å²) in [4.78, 5) is 15.5. The standard InChI is InChI=1S/C16H31N3O4/c1-3-17-16(18-9-5-4-7-15(20)21-2)19-10-6-11-23-14-8-12-22-13-14/h14H,3-13H2,1-2H3,(H2,17,18,19). The van der Waals surface area contributed by atoms with Gasteiger partial charge in [0.25, 0.3) is 0 Å². The van der Waals surface area contributed by atoms with Crippen LogP contribution in [0.2, 0.25) is 0 Å². The largest absolute Gasteiger partial charge is 0.469 e. The van der Waals surface area contributed by atoms with Crippen molar-refractivity contribution in [3.05, 3.63) is 0 Å². The van der Waals surface area contributed by atoms with Gasteiger partial charge in [-0.05, 0) is 32.6 Å². The predicted molar refractivity (Wildman–Crippen MR) is 89.6 cm³/mol. The number of carbonyl (C=O) groups is 1. The fourth-order valence-electron chi connectivity index (χ4n) is 2.19. The molecule has 2 N–H and O–H groups in total. The molecule has 0 spiro atoms. The third-order valence-electron chi connectivity index (χ3n) is 3.49. The van der Waals surface area contributed by atoms with Gasteiger partial charge in [-0.2, -0.15) is 0 Å². The van der Waals surface area contributed by atoms with Crippen molar-refractivity contribution >= 4 is 11.9 Å². The Labute approximate surface area is 139 Å². The molecule has 1 saturated heterocycles. The highest BCUT2D eigenvalue weighted by molar-refractivity contribution is 5.79. The number of nitrogens with one attached hydrogen (secondary N) is 2. The molecular weight excluding hydrogens is 298 g/mol. The Morgan fingerprint density at radius 2 is 2.17 bits per heavy atom. The maximum absolute atomic E-state index is 11.0. The zero-order valence-electron chi connectivity index (χ0n) is 14.4. The van der Waals surface area contributed by atoms with Crippen molar-refractivity contribution in [2.45, 2.75) is 45.1 Å². The van der Waals surface area contributed by atoms with Gasteiger partial charge >= 0.3 is 5.97 Å². The third kappa shape index (κ3) is 10.1.